The summed E-state index contributed by atoms with van der Waals surface area (Å²) in [5.41, 5.74) is 1.66. The molecule has 1 aliphatic rings. The summed E-state index contributed by atoms with van der Waals surface area (Å²) in [6.45, 7) is 2.07. The summed E-state index contributed by atoms with van der Waals surface area (Å²) in [4.78, 5) is 14.2. The second kappa shape index (κ2) is 4.65. The summed E-state index contributed by atoms with van der Waals surface area (Å²) >= 11 is 0. The predicted octanol–water partition coefficient (Wildman–Crippen LogP) is 0.0652. The molecule has 0 saturated carbocycles. The van der Waals surface area contributed by atoms with Gasteiger partial charge in [-0.05, 0) is 12.1 Å². The molecule has 1 amide bonds. The molecule has 0 atom stereocenters. The van der Waals surface area contributed by atoms with Crippen molar-refractivity contribution in [2.75, 3.05) is 6.54 Å². The Hall–Kier alpha value is -2.77. The largest absolute Gasteiger partial charge is 0.332 e. The van der Waals surface area contributed by atoms with Crippen LogP contribution in [0.3, 0.4) is 0 Å². The number of benzene rings is 1. The monoisotopic (exact) mass is 283 g/mol. The average molecular weight is 283 g/mol. The number of para-hydroxylation sites is 1. The van der Waals surface area contributed by atoms with Gasteiger partial charge in [-0.3, -0.25) is 4.79 Å². The van der Waals surface area contributed by atoms with E-state index in [1.165, 1.54) is 0 Å². The van der Waals surface area contributed by atoms with Crippen LogP contribution < -0.4 is 0 Å². The Morgan fingerprint density at radius 2 is 2.10 bits per heavy atom. The van der Waals surface area contributed by atoms with Crippen LogP contribution in [0.25, 0.3) is 11.0 Å². The minimum absolute atomic E-state index is 0.0138. The average Bonchev–Trinajstić information content (AvgIpc) is 3.13. The fourth-order valence-electron chi connectivity index (χ4n) is 2.54. The second-order valence-corrected chi connectivity index (χ2v) is 4.99. The van der Waals surface area contributed by atoms with E-state index >= 15 is 0 Å². The first-order chi connectivity index (χ1) is 10.3. The van der Waals surface area contributed by atoms with E-state index in [9.17, 15) is 4.79 Å². The smallest absolute Gasteiger partial charge is 0.244 e. The quantitative estimate of drug-likeness (QED) is 0.664. The molecule has 0 saturated heterocycles. The molecule has 2 aromatic heterocycles. The van der Waals surface area contributed by atoms with E-state index in [-0.39, 0.29) is 12.5 Å². The number of fused-ring (bicyclic) bond motifs is 2. The van der Waals surface area contributed by atoms with Crippen LogP contribution in [-0.4, -0.2) is 47.1 Å². The van der Waals surface area contributed by atoms with Crippen molar-refractivity contribution in [2.24, 2.45) is 0 Å². The molecule has 0 unspecified atom stereocenters. The molecule has 8 nitrogen and oxygen atoms in total. The second-order valence-electron chi connectivity index (χ2n) is 4.99. The SMILES string of the molecule is O=C(Cn1nnc2ccccc21)N1CCn2cnnc2C1. The number of rotatable bonds is 2. The number of carbonyl (C=O) groups excluding carboxylic acids is 1. The van der Waals surface area contributed by atoms with Crippen molar-refractivity contribution in [3.05, 3.63) is 36.4 Å². The van der Waals surface area contributed by atoms with Gasteiger partial charge >= 0.3 is 0 Å². The highest BCUT2D eigenvalue weighted by Crippen LogP contribution is 2.12. The van der Waals surface area contributed by atoms with Gasteiger partial charge in [-0.1, -0.05) is 17.3 Å². The third-order valence-corrected chi connectivity index (χ3v) is 3.70. The molecule has 0 fully saturated rings. The summed E-state index contributed by atoms with van der Waals surface area (Å²) in [5.74, 6) is 0.831. The van der Waals surface area contributed by atoms with Crippen LogP contribution >= 0.6 is 0 Å². The summed E-state index contributed by atoms with van der Waals surface area (Å²) in [6, 6.07) is 7.61. The lowest BCUT2D eigenvalue weighted by Gasteiger charge is -2.27. The van der Waals surface area contributed by atoms with Crippen LogP contribution in [0.2, 0.25) is 0 Å². The Labute approximate surface area is 120 Å². The van der Waals surface area contributed by atoms with Crippen molar-refractivity contribution < 1.29 is 4.79 Å². The zero-order valence-corrected chi connectivity index (χ0v) is 11.3. The van der Waals surface area contributed by atoms with Crippen LogP contribution in [0.4, 0.5) is 0 Å². The zero-order valence-electron chi connectivity index (χ0n) is 11.3. The summed E-state index contributed by atoms with van der Waals surface area (Å²) in [6.07, 6.45) is 1.70. The van der Waals surface area contributed by atoms with E-state index < -0.39 is 0 Å². The van der Waals surface area contributed by atoms with E-state index in [4.69, 9.17) is 0 Å². The van der Waals surface area contributed by atoms with Crippen molar-refractivity contribution in [2.45, 2.75) is 19.6 Å². The maximum atomic E-state index is 12.4. The highest BCUT2D eigenvalue weighted by molar-refractivity contribution is 5.79. The highest BCUT2D eigenvalue weighted by Gasteiger charge is 2.22. The van der Waals surface area contributed by atoms with Gasteiger partial charge in [0.05, 0.1) is 12.1 Å². The summed E-state index contributed by atoms with van der Waals surface area (Å²) in [7, 11) is 0. The molecule has 0 aliphatic carbocycles. The molecule has 8 heteroatoms. The van der Waals surface area contributed by atoms with Crippen molar-refractivity contribution in [3.63, 3.8) is 0 Å². The highest BCUT2D eigenvalue weighted by atomic mass is 16.2. The van der Waals surface area contributed by atoms with Crippen molar-refractivity contribution in [1.29, 1.82) is 0 Å². The summed E-state index contributed by atoms with van der Waals surface area (Å²) in [5, 5.41) is 16.0. The van der Waals surface area contributed by atoms with E-state index in [1.54, 1.807) is 15.9 Å². The molecule has 0 spiro atoms. The Morgan fingerprint density at radius 3 is 3.05 bits per heavy atom. The van der Waals surface area contributed by atoms with Crippen LogP contribution in [0.15, 0.2) is 30.6 Å². The molecule has 0 bridgehead atoms. The van der Waals surface area contributed by atoms with Crippen LogP contribution in [0.5, 0.6) is 0 Å². The lowest BCUT2D eigenvalue weighted by atomic mass is 10.3. The number of aromatic nitrogens is 6. The first-order valence-electron chi connectivity index (χ1n) is 6.74. The van der Waals surface area contributed by atoms with Crippen LogP contribution in [-0.2, 0) is 24.4 Å². The molecular weight excluding hydrogens is 270 g/mol. The minimum atomic E-state index is 0.0138. The molecular formula is C13H13N7O. The molecule has 21 heavy (non-hydrogen) atoms. The van der Waals surface area contributed by atoms with Crippen molar-refractivity contribution in [1.82, 2.24) is 34.7 Å². The third-order valence-electron chi connectivity index (χ3n) is 3.70. The van der Waals surface area contributed by atoms with Gasteiger partial charge in [0.2, 0.25) is 5.91 Å². The van der Waals surface area contributed by atoms with Gasteiger partial charge in [0, 0.05) is 13.1 Å². The first-order valence-corrected chi connectivity index (χ1v) is 6.74. The Bertz CT molecular complexity index is 806. The van der Waals surface area contributed by atoms with E-state index in [0.717, 1.165) is 23.4 Å². The fraction of sp³-hybridized carbons (Fsp3) is 0.308. The molecule has 4 rings (SSSR count). The maximum Gasteiger partial charge on any atom is 0.244 e. The van der Waals surface area contributed by atoms with Gasteiger partial charge in [0.25, 0.3) is 0 Å². The number of hydrogen-bond donors (Lipinski definition) is 0. The summed E-state index contributed by atoms with van der Waals surface area (Å²) < 4.78 is 3.60. The normalized spacial score (nSPS) is 14.4. The fourth-order valence-corrected chi connectivity index (χ4v) is 2.54. The van der Waals surface area contributed by atoms with Crippen molar-refractivity contribution in [3.8, 4) is 0 Å². The number of amides is 1. The van der Waals surface area contributed by atoms with Gasteiger partial charge in [-0.15, -0.1) is 15.3 Å². The van der Waals surface area contributed by atoms with Gasteiger partial charge in [0.15, 0.2) is 5.82 Å². The zero-order chi connectivity index (χ0) is 14.2. The number of carbonyl (C=O) groups is 1. The Kier molecular flexibility index (Phi) is 2.66. The first kappa shape index (κ1) is 12.0. The molecule has 0 radical (unpaired) electrons. The topological polar surface area (TPSA) is 81.7 Å². The predicted molar refractivity (Wildman–Crippen MR) is 73.0 cm³/mol. The Balaban J connectivity index is 1.54. The van der Waals surface area contributed by atoms with Gasteiger partial charge in [-0.25, -0.2) is 4.68 Å². The molecule has 3 aromatic rings. The van der Waals surface area contributed by atoms with E-state index in [1.807, 2.05) is 28.8 Å². The van der Waals surface area contributed by atoms with Gasteiger partial charge < -0.3 is 9.47 Å². The van der Waals surface area contributed by atoms with Gasteiger partial charge in [0.1, 0.15) is 18.4 Å². The number of hydrogen-bond acceptors (Lipinski definition) is 5. The van der Waals surface area contributed by atoms with Crippen LogP contribution in [0, 0.1) is 0 Å². The standard InChI is InChI=1S/C13H13N7O/c21-13(18-5-6-19-9-14-16-12(19)7-18)8-20-11-4-2-1-3-10(11)15-17-20/h1-4,9H,5-8H2. The molecule has 106 valence electrons. The van der Waals surface area contributed by atoms with E-state index in [2.05, 4.69) is 20.5 Å². The lowest BCUT2D eigenvalue weighted by Crippen LogP contribution is -2.40. The van der Waals surface area contributed by atoms with E-state index in [0.29, 0.717) is 13.1 Å². The molecule has 0 N–H and O–H groups in total. The number of nitrogens with zero attached hydrogens (tertiary/aromatic N) is 7. The lowest BCUT2D eigenvalue weighted by molar-refractivity contribution is -0.133. The van der Waals surface area contributed by atoms with Crippen molar-refractivity contribution >= 4 is 16.9 Å². The molecule has 1 aliphatic heterocycles. The molecule has 1 aromatic carbocycles. The van der Waals surface area contributed by atoms with Gasteiger partial charge in [-0.2, -0.15) is 0 Å². The third kappa shape index (κ3) is 2.04. The minimum Gasteiger partial charge on any atom is -0.332 e. The maximum absolute atomic E-state index is 12.4. The van der Waals surface area contributed by atoms with Crippen LogP contribution in [0.1, 0.15) is 5.82 Å². The molecule has 3 heterocycles. The Morgan fingerprint density at radius 1 is 1.19 bits per heavy atom.